The van der Waals surface area contributed by atoms with Crippen LogP contribution in [0, 0.1) is 34.0 Å². The highest BCUT2D eigenvalue weighted by Gasteiger charge is 2.21. The SMILES string of the molecule is N#Cc1ccc2c(c1)c1cc(C#N)ccc1n2-c1cccc(-c2cccc(C#N)c2-c2ccccc2-n2c3ccccc3c3ccccc32)c1. The fourth-order valence-electron chi connectivity index (χ4n) is 7.49. The summed E-state index contributed by atoms with van der Waals surface area (Å²) in [7, 11) is 0. The second kappa shape index (κ2) is 11.4. The normalized spacial score (nSPS) is 11.1. The second-order valence-electron chi connectivity index (χ2n) is 12.3. The van der Waals surface area contributed by atoms with E-state index in [1.807, 2.05) is 60.7 Å². The Morgan fingerprint density at radius 2 is 0.960 bits per heavy atom. The van der Waals surface area contributed by atoms with Crippen molar-refractivity contribution in [2.45, 2.75) is 0 Å². The van der Waals surface area contributed by atoms with E-state index in [0.29, 0.717) is 16.7 Å². The molecule has 0 aliphatic heterocycles. The van der Waals surface area contributed by atoms with E-state index in [4.69, 9.17) is 0 Å². The molecule has 2 aromatic heterocycles. The molecule has 0 saturated heterocycles. The lowest BCUT2D eigenvalue weighted by Crippen LogP contribution is -2.00. The van der Waals surface area contributed by atoms with Gasteiger partial charge in [-0.3, -0.25) is 0 Å². The van der Waals surface area contributed by atoms with Gasteiger partial charge in [-0.25, -0.2) is 0 Å². The summed E-state index contributed by atoms with van der Waals surface area (Å²) in [5, 5.41) is 34.0. The fourth-order valence-corrected chi connectivity index (χ4v) is 7.49. The van der Waals surface area contributed by atoms with Crippen LogP contribution in [0.5, 0.6) is 0 Å². The number of fused-ring (bicyclic) bond motifs is 6. The average Bonchev–Trinajstić information content (AvgIpc) is 3.69. The Balaban J connectivity index is 1.29. The van der Waals surface area contributed by atoms with E-state index in [1.54, 1.807) is 0 Å². The summed E-state index contributed by atoms with van der Waals surface area (Å²) >= 11 is 0. The third-order valence-corrected chi connectivity index (χ3v) is 9.62. The van der Waals surface area contributed by atoms with Gasteiger partial charge in [0.15, 0.2) is 0 Å². The summed E-state index contributed by atoms with van der Waals surface area (Å²) in [5.74, 6) is 0. The number of hydrogen-bond acceptors (Lipinski definition) is 3. The highest BCUT2D eigenvalue weighted by atomic mass is 15.0. The van der Waals surface area contributed by atoms with Gasteiger partial charge in [-0.2, -0.15) is 15.8 Å². The lowest BCUT2D eigenvalue weighted by Gasteiger charge is -2.18. The molecule has 9 aromatic rings. The molecule has 230 valence electrons. The van der Waals surface area contributed by atoms with Crippen LogP contribution in [0.4, 0.5) is 0 Å². The van der Waals surface area contributed by atoms with Crippen LogP contribution < -0.4 is 0 Å². The zero-order chi connectivity index (χ0) is 33.8. The van der Waals surface area contributed by atoms with Crippen molar-refractivity contribution in [1.82, 2.24) is 9.13 Å². The molecule has 5 nitrogen and oxygen atoms in total. The first-order valence-corrected chi connectivity index (χ1v) is 16.3. The van der Waals surface area contributed by atoms with Gasteiger partial charge in [0.1, 0.15) is 0 Å². The first kappa shape index (κ1) is 28.8. The molecule has 0 N–H and O–H groups in total. The summed E-state index contributed by atoms with van der Waals surface area (Å²) in [6.45, 7) is 0. The molecular formula is C45H25N5. The van der Waals surface area contributed by atoms with Gasteiger partial charge in [0, 0.05) is 38.4 Å². The van der Waals surface area contributed by atoms with Gasteiger partial charge in [0.25, 0.3) is 0 Å². The van der Waals surface area contributed by atoms with Crippen LogP contribution in [-0.4, -0.2) is 9.13 Å². The Morgan fingerprint density at radius 1 is 0.400 bits per heavy atom. The smallest absolute Gasteiger partial charge is 0.0998 e. The van der Waals surface area contributed by atoms with Gasteiger partial charge in [-0.15, -0.1) is 0 Å². The number of nitrogens with zero attached hydrogens (tertiary/aromatic N) is 5. The molecule has 0 radical (unpaired) electrons. The second-order valence-corrected chi connectivity index (χ2v) is 12.3. The van der Waals surface area contributed by atoms with Crippen LogP contribution in [0.25, 0.3) is 77.2 Å². The van der Waals surface area contributed by atoms with Crippen molar-refractivity contribution in [3.63, 3.8) is 0 Å². The lowest BCUT2D eigenvalue weighted by molar-refractivity contribution is 1.18. The summed E-state index contributed by atoms with van der Waals surface area (Å²) in [6.07, 6.45) is 0. The van der Waals surface area contributed by atoms with Crippen LogP contribution >= 0.6 is 0 Å². The van der Waals surface area contributed by atoms with Crippen LogP contribution in [-0.2, 0) is 0 Å². The Kier molecular flexibility index (Phi) is 6.56. The van der Waals surface area contributed by atoms with Crippen LogP contribution in [0.1, 0.15) is 16.7 Å². The van der Waals surface area contributed by atoms with Crippen molar-refractivity contribution < 1.29 is 0 Å². The van der Waals surface area contributed by atoms with E-state index in [2.05, 4.69) is 118 Å². The molecule has 0 bridgehead atoms. The minimum absolute atomic E-state index is 0.563. The molecule has 0 spiro atoms. The van der Waals surface area contributed by atoms with Crippen LogP contribution in [0.3, 0.4) is 0 Å². The minimum atomic E-state index is 0.563. The third kappa shape index (κ3) is 4.31. The van der Waals surface area contributed by atoms with Crippen molar-refractivity contribution in [3.8, 4) is 51.8 Å². The van der Waals surface area contributed by atoms with Crippen molar-refractivity contribution in [3.05, 3.63) is 168 Å². The summed E-state index contributed by atoms with van der Waals surface area (Å²) in [6, 6.07) is 57.9. The first-order valence-electron chi connectivity index (χ1n) is 16.3. The van der Waals surface area contributed by atoms with Crippen molar-refractivity contribution in [2.24, 2.45) is 0 Å². The summed E-state index contributed by atoms with van der Waals surface area (Å²) < 4.78 is 4.48. The van der Waals surface area contributed by atoms with Crippen LogP contribution in [0.2, 0.25) is 0 Å². The number of hydrogen-bond donors (Lipinski definition) is 0. The molecule has 0 aliphatic carbocycles. The Morgan fingerprint density at radius 3 is 1.60 bits per heavy atom. The number of benzene rings is 7. The maximum Gasteiger partial charge on any atom is 0.0998 e. The topological polar surface area (TPSA) is 81.2 Å². The highest BCUT2D eigenvalue weighted by Crippen LogP contribution is 2.42. The molecule has 5 heteroatoms. The van der Waals surface area contributed by atoms with Crippen molar-refractivity contribution >= 4 is 43.6 Å². The van der Waals surface area contributed by atoms with E-state index in [9.17, 15) is 15.8 Å². The molecule has 0 saturated carbocycles. The molecule has 7 aromatic carbocycles. The molecule has 9 rings (SSSR count). The highest BCUT2D eigenvalue weighted by molar-refractivity contribution is 6.11. The number of para-hydroxylation sites is 3. The molecule has 0 unspecified atom stereocenters. The van der Waals surface area contributed by atoms with Gasteiger partial charge < -0.3 is 9.13 Å². The van der Waals surface area contributed by atoms with Crippen molar-refractivity contribution in [2.75, 3.05) is 0 Å². The molecular weight excluding hydrogens is 611 g/mol. The maximum absolute atomic E-state index is 10.5. The third-order valence-electron chi connectivity index (χ3n) is 9.62. The standard InChI is InChI=1S/C45H25N5/c46-26-29-19-21-43-38(23-29)39-24-30(27-47)20-22-44(39)49(43)33-11-7-9-31(25-33)34-15-8-10-32(28-48)45(34)37-14-3-6-18-42(37)50-40-16-4-1-12-35(40)36-13-2-5-17-41(36)50/h1-25H. The van der Waals surface area contributed by atoms with Gasteiger partial charge in [-0.05, 0) is 83.9 Å². The Bertz CT molecular complexity index is 2850. The van der Waals surface area contributed by atoms with E-state index in [1.165, 1.54) is 10.8 Å². The quantitative estimate of drug-likeness (QED) is 0.193. The van der Waals surface area contributed by atoms with E-state index >= 15 is 0 Å². The lowest BCUT2D eigenvalue weighted by atomic mass is 9.89. The molecule has 0 aliphatic rings. The minimum Gasteiger partial charge on any atom is -0.309 e. The zero-order valence-corrected chi connectivity index (χ0v) is 26.7. The van der Waals surface area contributed by atoms with Crippen molar-refractivity contribution in [1.29, 1.82) is 15.8 Å². The predicted molar refractivity (Wildman–Crippen MR) is 200 cm³/mol. The zero-order valence-electron chi connectivity index (χ0n) is 26.7. The van der Waals surface area contributed by atoms with Gasteiger partial charge >= 0.3 is 0 Å². The Labute approximate surface area is 287 Å². The number of aromatic nitrogens is 2. The van der Waals surface area contributed by atoms with E-state index in [-0.39, 0.29) is 0 Å². The van der Waals surface area contributed by atoms with E-state index in [0.717, 1.165) is 66.5 Å². The molecule has 0 atom stereocenters. The monoisotopic (exact) mass is 635 g/mol. The maximum atomic E-state index is 10.5. The fraction of sp³-hybridized carbons (Fsp3) is 0. The summed E-state index contributed by atoms with van der Waals surface area (Å²) in [4.78, 5) is 0. The molecule has 2 heterocycles. The first-order chi connectivity index (χ1) is 24.7. The Hall–Kier alpha value is -7.39. The largest absolute Gasteiger partial charge is 0.309 e. The predicted octanol–water partition coefficient (Wildman–Crippen LogP) is 10.8. The van der Waals surface area contributed by atoms with E-state index < -0.39 is 0 Å². The average molecular weight is 636 g/mol. The molecule has 0 amide bonds. The van der Waals surface area contributed by atoms with Gasteiger partial charge in [0.05, 0.1) is 62.7 Å². The molecule has 0 fully saturated rings. The molecule has 50 heavy (non-hydrogen) atoms. The van der Waals surface area contributed by atoms with Gasteiger partial charge in [0.2, 0.25) is 0 Å². The number of rotatable bonds is 4. The summed E-state index contributed by atoms with van der Waals surface area (Å²) in [5.41, 5.74) is 11.5. The number of nitriles is 3. The van der Waals surface area contributed by atoms with Crippen LogP contribution in [0.15, 0.2) is 152 Å². The van der Waals surface area contributed by atoms with Gasteiger partial charge in [-0.1, -0.05) is 78.9 Å².